The van der Waals surface area contributed by atoms with E-state index in [1.807, 2.05) is 0 Å². The second-order valence-electron chi connectivity index (χ2n) is 3.88. The summed E-state index contributed by atoms with van der Waals surface area (Å²) >= 11 is 0. The van der Waals surface area contributed by atoms with Crippen molar-refractivity contribution in [2.75, 3.05) is 6.26 Å². The summed E-state index contributed by atoms with van der Waals surface area (Å²) in [5.41, 5.74) is -0.845. The average Bonchev–Trinajstić information content (AvgIpc) is 1.98. The van der Waals surface area contributed by atoms with Crippen LogP contribution in [0.2, 0.25) is 0 Å². The maximum atomic E-state index is 11.1. The van der Waals surface area contributed by atoms with E-state index in [2.05, 4.69) is 0 Å². The maximum absolute atomic E-state index is 11.1. The largest absolute Gasteiger partial charge is 0.443 e. The van der Waals surface area contributed by atoms with Gasteiger partial charge in [0.1, 0.15) is 11.5 Å². The van der Waals surface area contributed by atoms with Crippen LogP contribution in [0.3, 0.4) is 0 Å². The van der Waals surface area contributed by atoms with Gasteiger partial charge in [-0.1, -0.05) is 0 Å². The highest BCUT2D eigenvalue weighted by Crippen LogP contribution is 2.16. The molecule has 0 saturated carbocycles. The molecule has 0 rings (SSSR count). The summed E-state index contributed by atoms with van der Waals surface area (Å²) in [4.78, 5) is 21.0. The molecule has 0 aromatic rings. The van der Waals surface area contributed by atoms with Crippen molar-refractivity contribution in [1.29, 1.82) is 0 Å². The van der Waals surface area contributed by atoms with Crippen LogP contribution in [0.4, 0.5) is 4.79 Å². The summed E-state index contributed by atoms with van der Waals surface area (Å²) < 4.78 is 28.0. The summed E-state index contributed by atoms with van der Waals surface area (Å²) in [5.74, 6) is 1.60. The van der Waals surface area contributed by atoms with Crippen LogP contribution in [0.25, 0.3) is 0 Å². The molecule has 0 aromatic heterocycles. The number of carbonyl (C=O) groups excluding carboxylic acids is 2. The summed E-state index contributed by atoms with van der Waals surface area (Å²) in [7, 11) is -3.62. The zero-order valence-corrected chi connectivity index (χ0v) is 10.3. The molecule has 0 spiro atoms. The monoisotopic (exact) mass is 249 g/mol. The van der Waals surface area contributed by atoms with E-state index in [0.29, 0.717) is 12.8 Å². The van der Waals surface area contributed by atoms with Gasteiger partial charge in [0.05, 0.1) is 6.26 Å². The van der Waals surface area contributed by atoms with E-state index in [0.717, 1.165) is 6.26 Å². The number of carbonyl (C=O) groups is 1. The van der Waals surface area contributed by atoms with Crippen molar-refractivity contribution in [1.82, 2.24) is 4.72 Å². The van der Waals surface area contributed by atoms with E-state index in [1.54, 1.807) is 24.5 Å². The van der Waals surface area contributed by atoms with Gasteiger partial charge in [-0.25, -0.2) is 22.7 Å². The summed E-state index contributed by atoms with van der Waals surface area (Å²) in [5, 5.41) is 0. The average molecular weight is 249 g/mol. The van der Waals surface area contributed by atoms with Crippen molar-refractivity contribution < 1.29 is 22.7 Å². The van der Waals surface area contributed by atoms with Crippen LogP contribution < -0.4 is 4.72 Å². The molecule has 0 aliphatic carbocycles. The Bertz CT molecular complexity index is 392. The number of nitrogens with one attached hydrogen (secondary N) is 1. The van der Waals surface area contributed by atoms with Crippen molar-refractivity contribution in [3.63, 3.8) is 0 Å². The predicted octanol–water partition coefficient (Wildman–Crippen LogP) is 0.619. The quantitative estimate of drug-likeness (QED) is 0.721. The lowest BCUT2D eigenvalue weighted by Gasteiger charge is -2.24. The molecule has 6 nitrogen and oxygen atoms in total. The molecule has 0 bridgehead atoms. The molecule has 1 amide bonds. The molecular weight excluding hydrogens is 234 g/mol. The van der Waals surface area contributed by atoms with Gasteiger partial charge in [0, 0.05) is 0 Å². The minimum absolute atomic E-state index is 0.402. The fraction of sp³-hybridized carbons (Fsp3) is 0.667. The van der Waals surface area contributed by atoms with Crippen LogP contribution in [-0.2, 0) is 19.6 Å². The minimum atomic E-state index is -3.62. The summed E-state index contributed by atoms with van der Waals surface area (Å²) in [6, 6.07) is 0. The first-order valence-electron chi connectivity index (χ1n) is 4.56. The molecule has 0 radical (unpaired) electrons. The first-order valence-corrected chi connectivity index (χ1v) is 6.45. The van der Waals surface area contributed by atoms with Crippen LogP contribution in [0, 0.1) is 0 Å². The van der Waals surface area contributed by atoms with Crippen LogP contribution >= 0.6 is 0 Å². The summed E-state index contributed by atoms with van der Waals surface area (Å²) in [6.07, 6.45) is 1.92. The molecule has 92 valence electrons. The van der Waals surface area contributed by atoms with Gasteiger partial charge < -0.3 is 4.74 Å². The van der Waals surface area contributed by atoms with E-state index in [4.69, 9.17) is 4.74 Å². The maximum Gasteiger partial charge on any atom is 0.421 e. The Labute approximate surface area is 94.7 Å². The van der Waals surface area contributed by atoms with E-state index >= 15 is 0 Å². The molecule has 0 aromatic carbocycles. The van der Waals surface area contributed by atoms with Crippen molar-refractivity contribution in [2.24, 2.45) is 0 Å². The molecule has 0 aliphatic rings. The lowest BCUT2D eigenvalue weighted by Crippen LogP contribution is -2.37. The number of sulfonamides is 1. The Morgan fingerprint density at radius 1 is 1.50 bits per heavy atom. The molecule has 0 fully saturated rings. The molecule has 16 heavy (non-hydrogen) atoms. The number of ether oxygens (including phenoxy) is 1. The van der Waals surface area contributed by atoms with Gasteiger partial charge >= 0.3 is 6.09 Å². The van der Waals surface area contributed by atoms with E-state index in [-0.39, 0.29) is 0 Å². The van der Waals surface area contributed by atoms with Crippen LogP contribution in [0.1, 0.15) is 26.7 Å². The van der Waals surface area contributed by atoms with Crippen molar-refractivity contribution in [3.05, 3.63) is 6.08 Å². The van der Waals surface area contributed by atoms with Gasteiger partial charge in [0.25, 0.3) is 0 Å². The first-order chi connectivity index (χ1) is 7.16. The van der Waals surface area contributed by atoms with Gasteiger partial charge in [0.2, 0.25) is 10.0 Å². The zero-order valence-electron chi connectivity index (χ0n) is 9.44. The van der Waals surface area contributed by atoms with Crippen LogP contribution in [0.5, 0.6) is 0 Å². The van der Waals surface area contributed by atoms with Gasteiger partial charge in [-0.3, -0.25) is 0 Å². The highest BCUT2D eigenvalue weighted by molar-refractivity contribution is 7.89. The Balaban J connectivity index is 4.25. The number of allylic oxidation sites excluding steroid dienone is 1. The minimum Gasteiger partial charge on any atom is -0.443 e. The lowest BCUT2D eigenvalue weighted by atomic mass is 10.0. The molecule has 1 N–H and O–H groups in total. The highest BCUT2D eigenvalue weighted by Gasteiger charge is 2.23. The Kier molecular flexibility index (Phi) is 5.20. The second-order valence-corrected chi connectivity index (χ2v) is 5.63. The Morgan fingerprint density at radius 2 is 2.06 bits per heavy atom. The fourth-order valence-electron chi connectivity index (χ4n) is 0.953. The fourth-order valence-corrected chi connectivity index (χ4v) is 1.30. The van der Waals surface area contributed by atoms with E-state index in [9.17, 15) is 18.0 Å². The molecule has 0 saturated heterocycles. The third kappa shape index (κ3) is 8.02. The second kappa shape index (κ2) is 5.67. The van der Waals surface area contributed by atoms with E-state index in [1.165, 1.54) is 6.08 Å². The van der Waals surface area contributed by atoms with Gasteiger partial charge in [-0.15, -0.1) is 0 Å². The van der Waals surface area contributed by atoms with Crippen molar-refractivity contribution in [2.45, 2.75) is 32.3 Å². The summed E-state index contributed by atoms with van der Waals surface area (Å²) in [6.45, 7) is 3.24. The molecule has 0 unspecified atom stereocenters. The topological polar surface area (TPSA) is 89.5 Å². The Morgan fingerprint density at radius 3 is 2.50 bits per heavy atom. The zero-order chi connectivity index (χ0) is 12.8. The molecular formula is C9H15NO5S. The van der Waals surface area contributed by atoms with Gasteiger partial charge in [-0.2, -0.15) is 0 Å². The van der Waals surface area contributed by atoms with Gasteiger partial charge in [-0.05, 0) is 32.8 Å². The van der Waals surface area contributed by atoms with Crippen LogP contribution in [-0.4, -0.2) is 32.3 Å². The molecule has 0 heterocycles. The highest BCUT2D eigenvalue weighted by atomic mass is 32.2. The molecule has 0 aliphatic heterocycles. The number of hydrogen-bond acceptors (Lipinski definition) is 5. The number of rotatable bonds is 5. The standard InChI is InChI=1S/C9H15NO5S/c1-9(2,6-4-5-7-11)15-8(12)10-16(3,13)14/h5H,4,6H2,1-3H3,(H,10,12). The Hall–Kier alpha value is -1.33. The molecule has 7 heteroatoms. The predicted molar refractivity (Wildman–Crippen MR) is 58.0 cm³/mol. The van der Waals surface area contributed by atoms with Crippen molar-refractivity contribution >= 4 is 22.1 Å². The third-order valence-electron chi connectivity index (χ3n) is 1.61. The first kappa shape index (κ1) is 14.7. The SMILES string of the molecule is CC(C)(CCC=C=O)OC(=O)NS(C)(=O)=O. The van der Waals surface area contributed by atoms with E-state index < -0.39 is 21.7 Å². The lowest BCUT2D eigenvalue weighted by molar-refractivity contribution is 0.0374. The van der Waals surface area contributed by atoms with Crippen LogP contribution in [0.15, 0.2) is 6.08 Å². The number of hydrogen-bond donors (Lipinski definition) is 1. The smallest absolute Gasteiger partial charge is 0.421 e. The number of amides is 1. The molecule has 0 atom stereocenters. The third-order valence-corrected chi connectivity index (χ3v) is 2.15. The normalized spacial score (nSPS) is 11.4. The van der Waals surface area contributed by atoms with Crippen molar-refractivity contribution in [3.8, 4) is 0 Å². The van der Waals surface area contributed by atoms with Gasteiger partial charge in [0.15, 0.2) is 0 Å².